The van der Waals surface area contributed by atoms with Gasteiger partial charge in [-0.15, -0.1) is 0 Å². The van der Waals surface area contributed by atoms with Crippen LogP contribution in [0.25, 0.3) is 0 Å². The van der Waals surface area contributed by atoms with E-state index >= 15 is 0 Å². The lowest BCUT2D eigenvalue weighted by Gasteiger charge is -2.10. The highest BCUT2D eigenvalue weighted by molar-refractivity contribution is 9.10. The van der Waals surface area contributed by atoms with Crippen LogP contribution in [0.15, 0.2) is 45.9 Å². The van der Waals surface area contributed by atoms with E-state index < -0.39 is 10.0 Å². The van der Waals surface area contributed by atoms with Crippen LogP contribution in [0.4, 0.5) is 11.5 Å². The van der Waals surface area contributed by atoms with Crippen molar-refractivity contribution in [3.05, 3.63) is 46.6 Å². The molecule has 1 heterocycles. The van der Waals surface area contributed by atoms with E-state index in [-0.39, 0.29) is 23.2 Å². The maximum Gasteiger partial charge on any atom is 0.243 e. The van der Waals surface area contributed by atoms with Gasteiger partial charge < -0.3 is 10.6 Å². The van der Waals surface area contributed by atoms with Gasteiger partial charge >= 0.3 is 0 Å². The number of hydrogen-bond donors (Lipinski definition) is 3. The maximum atomic E-state index is 11.9. The van der Waals surface area contributed by atoms with E-state index in [0.29, 0.717) is 5.69 Å². The first kappa shape index (κ1) is 17.4. The number of sulfonamides is 1. The summed E-state index contributed by atoms with van der Waals surface area (Å²) >= 11 is 3.38. The van der Waals surface area contributed by atoms with Crippen molar-refractivity contribution in [2.24, 2.45) is 5.14 Å². The number of nitrogens with one attached hydrogen (secondary N) is 2. The van der Waals surface area contributed by atoms with Crippen molar-refractivity contribution in [3.63, 3.8) is 0 Å². The molecule has 0 spiro atoms. The van der Waals surface area contributed by atoms with Crippen LogP contribution >= 0.6 is 15.9 Å². The Morgan fingerprint density at radius 2 is 2.09 bits per heavy atom. The highest BCUT2D eigenvalue weighted by atomic mass is 79.9. The zero-order valence-electron chi connectivity index (χ0n) is 12.2. The summed E-state index contributed by atoms with van der Waals surface area (Å²) in [5.41, 5.74) is 1.63. The molecule has 0 saturated heterocycles. The Morgan fingerprint density at radius 1 is 1.35 bits per heavy atom. The third-order valence-corrected chi connectivity index (χ3v) is 4.77. The van der Waals surface area contributed by atoms with Gasteiger partial charge in [-0.3, -0.25) is 4.79 Å². The van der Waals surface area contributed by atoms with E-state index in [2.05, 4.69) is 31.5 Å². The van der Waals surface area contributed by atoms with Gasteiger partial charge in [0.1, 0.15) is 10.7 Å². The van der Waals surface area contributed by atoms with Crippen LogP contribution in [0, 0.1) is 6.92 Å². The summed E-state index contributed by atoms with van der Waals surface area (Å²) in [7, 11) is -3.91. The molecule has 0 aliphatic carbocycles. The number of carbonyl (C=O) groups is 1. The van der Waals surface area contributed by atoms with E-state index in [1.165, 1.54) is 18.3 Å². The molecule has 2 rings (SSSR count). The highest BCUT2D eigenvalue weighted by Crippen LogP contribution is 2.20. The predicted molar refractivity (Wildman–Crippen MR) is 91.6 cm³/mol. The number of benzene rings is 1. The number of anilines is 2. The quantitative estimate of drug-likeness (QED) is 0.710. The van der Waals surface area contributed by atoms with Crippen LogP contribution in [0.5, 0.6) is 0 Å². The number of hydrogen-bond acceptors (Lipinski definition) is 5. The Hall–Kier alpha value is -1.97. The minimum Gasteiger partial charge on any atom is -0.360 e. The van der Waals surface area contributed by atoms with Gasteiger partial charge in [-0.05, 0) is 42.8 Å². The summed E-state index contributed by atoms with van der Waals surface area (Å²) < 4.78 is 23.8. The Balaban J connectivity index is 2.04. The maximum absolute atomic E-state index is 11.9. The monoisotopic (exact) mass is 398 g/mol. The van der Waals surface area contributed by atoms with Crippen LogP contribution in [0.3, 0.4) is 0 Å². The molecule has 1 aromatic carbocycles. The van der Waals surface area contributed by atoms with E-state index in [1.54, 1.807) is 6.07 Å². The molecular formula is C14H15BrN4O3S. The highest BCUT2D eigenvalue weighted by Gasteiger charge is 2.15. The van der Waals surface area contributed by atoms with Crippen LogP contribution in [-0.2, 0) is 14.8 Å². The van der Waals surface area contributed by atoms with E-state index in [9.17, 15) is 13.2 Å². The molecule has 0 bridgehead atoms. The van der Waals surface area contributed by atoms with Gasteiger partial charge in [0.15, 0.2) is 0 Å². The summed E-state index contributed by atoms with van der Waals surface area (Å²) in [6.45, 7) is 1.76. The third-order valence-electron chi connectivity index (χ3n) is 2.94. The van der Waals surface area contributed by atoms with Crippen LogP contribution in [0.2, 0.25) is 0 Å². The minimum absolute atomic E-state index is 0.0390. The molecule has 1 aromatic heterocycles. The summed E-state index contributed by atoms with van der Waals surface area (Å²) in [5.74, 6) is -0.296. The molecule has 0 saturated carbocycles. The molecule has 0 atom stereocenters. The first-order chi connectivity index (χ1) is 10.8. The summed E-state index contributed by atoms with van der Waals surface area (Å²) in [6.07, 6.45) is 1.41. The Labute approximate surface area is 142 Å². The van der Waals surface area contributed by atoms with Gasteiger partial charge in [-0.25, -0.2) is 18.5 Å². The van der Waals surface area contributed by atoms with Crippen molar-refractivity contribution in [3.8, 4) is 0 Å². The molecule has 7 nitrogen and oxygen atoms in total. The van der Waals surface area contributed by atoms with Crippen molar-refractivity contribution in [1.29, 1.82) is 0 Å². The summed E-state index contributed by atoms with van der Waals surface area (Å²) in [4.78, 5) is 15.7. The second kappa shape index (κ2) is 7.07. The number of nitrogens with two attached hydrogens (primary N) is 1. The molecule has 2 aromatic rings. The molecule has 23 heavy (non-hydrogen) atoms. The molecule has 0 aliphatic rings. The number of nitrogens with zero attached hydrogens (tertiary/aromatic N) is 1. The van der Waals surface area contributed by atoms with Crippen molar-refractivity contribution in [2.45, 2.75) is 11.8 Å². The second-order valence-corrected chi connectivity index (χ2v) is 7.15. The number of halogens is 1. The number of aryl methyl sites for hydroxylation is 1. The minimum atomic E-state index is -3.91. The van der Waals surface area contributed by atoms with Crippen molar-refractivity contribution in [2.75, 3.05) is 17.2 Å². The van der Waals surface area contributed by atoms with Gasteiger partial charge in [0, 0.05) is 16.4 Å². The second-order valence-electron chi connectivity index (χ2n) is 4.76. The standard InChI is InChI=1S/C14H15BrN4O3S/c1-9-7-10(4-5-11(9)15)19-13(20)8-18-14-12(23(16,21)22)3-2-6-17-14/h2-7H,8H2,1H3,(H,17,18)(H,19,20)(H2,16,21,22). The van der Waals surface area contributed by atoms with Crippen molar-refractivity contribution < 1.29 is 13.2 Å². The van der Waals surface area contributed by atoms with E-state index in [0.717, 1.165) is 10.0 Å². The number of aromatic nitrogens is 1. The number of pyridine rings is 1. The number of primary sulfonamides is 1. The van der Waals surface area contributed by atoms with Crippen LogP contribution in [0.1, 0.15) is 5.56 Å². The lowest BCUT2D eigenvalue weighted by Crippen LogP contribution is -2.24. The molecule has 0 radical (unpaired) electrons. The van der Waals surface area contributed by atoms with Gasteiger partial charge in [-0.1, -0.05) is 15.9 Å². The zero-order valence-corrected chi connectivity index (χ0v) is 14.6. The number of amides is 1. The Morgan fingerprint density at radius 3 is 2.74 bits per heavy atom. The normalized spacial score (nSPS) is 11.1. The lowest BCUT2D eigenvalue weighted by molar-refractivity contribution is -0.114. The zero-order chi connectivity index (χ0) is 17.0. The smallest absolute Gasteiger partial charge is 0.243 e. The average Bonchev–Trinajstić information content (AvgIpc) is 2.48. The van der Waals surface area contributed by atoms with E-state index in [1.807, 2.05) is 19.1 Å². The van der Waals surface area contributed by atoms with Gasteiger partial charge in [0.25, 0.3) is 0 Å². The summed E-state index contributed by atoms with van der Waals surface area (Å²) in [5, 5.41) is 10.5. The van der Waals surface area contributed by atoms with Gasteiger partial charge in [-0.2, -0.15) is 0 Å². The molecule has 0 unspecified atom stereocenters. The van der Waals surface area contributed by atoms with Crippen molar-refractivity contribution >= 4 is 43.4 Å². The molecule has 1 amide bonds. The fourth-order valence-electron chi connectivity index (χ4n) is 1.84. The first-order valence-electron chi connectivity index (χ1n) is 6.55. The predicted octanol–water partition coefficient (Wildman–Crippen LogP) is 1.85. The SMILES string of the molecule is Cc1cc(NC(=O)CNc2ncccc2S(N)(=O)=O)ccc1Br. The van der Waals surface area contributed by atoms with Gasteiger partial charge in [0.05, 0.1) is 6.54 Å². The Bertz CT molecular complexity index is 840. The fraction of sp³-hybridized carbons (Fsp3) is 0.143. The molecule has 0 aliphatic heterocycles. The number of carbonyl (C=O) groups excluding carboxylic acids is 1. The molecule has 0 fully saturated rings. The van der Waals surface area contributed by atoms with Crippen molar-refractivity contribution in [1.82, 2.24) is 4.98 Å². The topological polar surface area (TPSA) is 114 Å². The molecule has 9 heteroatoms. The van der Waals surface area contributed by atoms with E-state index in [4.69, 9.17) is 5.14 Å². The fourth-order valence-corrected chi connectivity index (χ4v) is 2.75. The van der Waals surface area contributed by atoms with Gasteiger partial charge in [0.2, 0.25) is 15.9 Å². The molecule has 122 valence electrons. The molecular weight excluding hydrogens is 384 g/mol. The Kier molecular flexibility index (Phi) is 5.34. The summed E-state index contributed by atoms with van der Waals surface area (Å²) in [6, 6.07) is 8.18. The number of rotatable bonds is 5. The van der Waals surface area contributed by atoms with Crippen LogP contribution in [-0.4, -0.2) is 25.9 Å². The largest absolute Gasteiger partial charge is 0.360 e. The third kappa shape index (κ3) is 4.75. The lowest BCUT2D eigenvalue weighted by atomic mass is 10.2. The first-order valence-corrected chi connectivity index (χ1v) is 8.89. The molecule has 4 N–H and O–H groups in total. The van der Waals surface area contributed by atoms with Crippen LogP contribution < -0.4 is 15.8 Å². The average molecular weight is 399 g/mol.